The van der Waals surface area contributed by atoms with Gasteiger partial charge < -0.3 is 15.5 Å². The largest absolute Gasteiger partial charge is 0.465 e. The normalized spacial score (nSPS) is 23.6. The molecule has 1 aromatic rings. The lowest BCUT2D eigenvalue weighted by molar-refractivity contribution is 0.131. The van der Waals surface area contributed by atoms with Crippen molar-refractivity contribution in [1.29, 1.82) is 0 Å². The maximum atomic E-state index is 10.6. The Morgan fingerprint density at radius 1 is 1.53 bits per heavy atom. The fourth-order valence-electron chi connectivity index (χ4n) is 1.94. The molecule has 0 aromatic heterocycles. The molecule has 0 spiro atoms. The molecule has 2 rings (SSSR count). The van der Waals surface area contributed by atoms with Gasteiger partial charge in [0.25, 0.3) is 0 Å². The number of fused-ring (bicyclic) bond motifs is 1. The molecule has 0 unspecified atom stereocenters. The molecule has 0 saturated carbocycles. The quantitative estimate of drug-likeness (QED) is 0.682. The van der Waals surface area contributed by atoms with Crippen molar-refractivity contribution in [1.82, 2.24) is 5.32 Å². The summed E-state index contributed by atoms with van der Waals surface area (Å²) in [6, 6.07) is 4.70. The molecule has 15 heavy (non-hydrogen) atoms. The molecule has 2 atom stereocenters. The summed E-state index contributed by atoms with van der Waals surface area (Å²) in [6.45, 7) is 0. The summed E-state index contributed by atoms with van der Waals surface area (Å²) in [6.07, 6.45) is -1.47. The monoisotopic (exact) mass is 227 g/mol. The van der Waals surface area contributed by atoms with Gasteiger partial charge in [-0.05, 0) is 17.2 Å². The highest BCUT2D eigenvalue weighted by molar-refractivity contribution is 6.31. The second-order valence-electron chi connectivity index (χ2n) is 3.51. The fraction of sp³-hybridized carbons (Fsp3) is 0.300. The third kappa shape index (κ3) is 1.78. The van der Waals surface area contributed by atoms with E-state index < -0.39 is 18.2 Å². The Morgan fingerprint density at radius 2 is 2.27 bits per heavy atom. The third-order valence-electron chi connectivity index (χ3n) is 2.55. The minimum atomic E-state index is -1.16. The summed E-state index contributed by atoms with van der Waals surface area (Å²) in [5, 5.41) is 21.1. The zero-order chi connectivity index (χ0) is 11.0. The number of carbonyl (C=O) groups is 1. The van der Waals surface area contributed by atoms with Crippen LogP contribution in [0.2, 0.25) is 5.02 Å². The number of nitrogens with one attached hydrogen (secondary N) is 1. The van der Waals surface area contributed by atoms with Crippen molar-refractivity contribution in [3.8, 4) is 0 Å². The Labute approximate surface area is 91.5 Å². The van der Waals surface area contributed by atoms with E-state index in [-0.39, 0.29) is 0 Å². The fourth-order valence-corrected chi connectivity index (χ4v) is 2.26. The first-order valence-corrected chi connectivity index (χ1v) is 4.92. The number of hydrogen-bond acceptors (Lipinski definition) is 2. The van der Waals surface area contributed by atoms with E-state index in [9.17, 15) is 9.90 Å². The second-order valence-corrected chi connectivity index (χ2v) is 3.92. The van der Waals surface area contributed by atoms with Crippen LogP contribution in [0.1, 0.15) is 17.2 Å². The van der Waals surface area contributed by atoms with Gasteiger partial charge in [-0.25, -0.2) is 4.79 Å². The Hall–Kier alpha value is -1.26. The summed E-state index contributed by atoms with van der Waals surface area (Å²) in [7, 11) is 0. The molecule has 80 valence electrons. The van der Waals surface area contributed by atoms with Crippen LogP contribution in [0.5, 0.6) is 0 Å². The lowest BCUT2D eigenvalue weighted by atomic mass is 10.1. The van der Waals surface area contributed by atoms with Crippen LogP contribution in [0.15, 0.2) is 18.2 Å². The standard InChI is InChI=1S/C10H10ClNO3/c11-6-3-1-2-5-4-7(13)9(8(5)6)12-10(14)15/h1-3,7,9,12-13H,4H2,(H,14,15)/t7-,9-/m1/s1. The van der Waals surface area contributed by atoms with Crippen LogP contribution in [0.25, 0.3) is 0 Å². The number of aliphatic hydroxyl groups excluding tert-OH is 1. The van der Waals surface area contributed by atoms with Crippen LogP contribution < -0.4 is 5.32 Å². The van der Waals surface area contributed by atoms with E-state index in [4.69, 9.17) is 16.7 Å². The smallest absolute Gasteiger partial charge is 0.405 e. The predicted molar refractivity (Wildman–Crippen MR) is 55.1 cm³/mol. The molecule has 0 bridgehead atoms. The second kappa shape index (κ2) is 3.72. The Kier molecular flexibility index (Phi) is 2.54. The zero-order valence-corrected chi connectivity index (χ0v) is 8.53. The van der Waals surface area contributed by atoms with Crippen molar-refractivity contribution < 1.29 is 15.0 Å². The van der Waals surface area contributed by atoms with E-state index in [0.29, 0.717) is 17.0 Å². The minimum absolute atomic E-state index is 0.431. The SMILES string of the molecule is O=C(O)N[C@H]1c2c(Cl)cccc2C[C@H]1O. The third-order valence-corrected chi connectivity index (χ3v) is 2.88. The number of carboxylic acid groups (broad SMARTS) is 1. The summed E-state index contributed by atoms with van der Waals surface area (Å²) < 4.78 is 0. The Balaban J connectivity index is 2.39. The van der Waals surface area contributed by atoms with Crippen molar-refractivity contribution in [2.45, 2.75) is 18.6 Å². The first kappa shape index (κ1) is 10.3. The zero-order valence-electron chi connectivity index (χ0n) is 7.77. The van der Waals surface area contributed by atoms with Crippen molar-refractivity contribution in [2.75, 3.05) is 0 Å². The molecule has 0 saturated heterocycles. The molecular formula is C10H10ClNO3. The molecule has 1 aliphatic rings. The molecule has 1 aromatic carbocycles. The average Bonchev–Trinajstić information content (AvgIpc) is 2.43. The Morgan fingerprint density at radius 3 is 2.93 bits per heavy atom. The van der Waals surface area contributed by atoms with Gasteiger partial charge >= 0.3 is 6.09 Å². The van der Waals surface area contributed by atoms with Gasteiger partial charge in [0, 0.05) is 11.4 Å². The van der Waals surface area contributed by atoms with Gasteiger partial charge in [0.15, 0.2) is 0 Å². The molecule has 1 aliphatic carbocycles. The van der Waals surface area contributed by atoms with Crippen LogP contribution in [0.3, 0.4) is 0 Å². The molecule has 0 aliphatic heterocycles. The highest BCUT2D eigenvalue weighted by atomic mass is 35.5. The van der Waals surface area contributed by atoms with Crippen molar-refractivity contribution in [2.24, 2.45) is 0 Å². The van der Waals surface area contributed by atoms with E-state index in [1.165, 1.54) is 0 Å². The van der Waals surface area contributed by atoms with Gasteiger partial charge in [-0.3, -0.25) is 0 Å². The topological polar surface area (TPSA) is 69.6 Å². The van der Waals surface area contributed by atoms with E-state index >= 15 is 0 Å². The van der Waals surface area contributed by atoms with Crippen LogP contribution >= 0.6 is 11.6 Å². The van der Waals surface area contributed by atoms with Crippen LogP contribution in [-0.4, -0.2) is 22.4 Å². The van der Waals surface area contributed by atoms with Crippen molar-refractivity contribution in [3.05, 3.63) is 34.3 Å². The Bertz CT molecular complexity index is 408. The summed E-state index contributed by atoms with van der Waals surface area (Å²) in [5.41, 5.74) is 1.59. The van der Waals surface area contributed by atoms with Gasteiger partial charge in [0.05, 0.1) is 12.1 Å². The van der Waals surface area contributed by atoms with Crippen LogP contribution in [0, 0.1) is 0 Å². The van der Waals surface area contributed by atoms with Crippen molar-refractivity contribution in [3.63, 3.8) is 0 Å². The van der Waals surface area contributed by atoms with Gasteiger partial charge in [0.2, 0.25) is 0 Å². The molecule has 4 nitrogen and oxygen atoms in total. The molecule has 5 heteroatoms. The van der Waals surface area contributed by atoms with E-state index in [2.05, 4.69) is 5.32 Å². The van der Waals surface area contributed by atoms with Gasteiger partial charge in [-0.15, -0.1) is 0 Å². The number of halogens is 1. The number of aliphatic hydroxyl groups is 1. The first-order chi connectivity index (χ1) is 7.09. The first-order valence-electron chi connectivity index (χ1n) is 4.54. The van der Waals surface area contributed by atoms with E-state index in [1.54, 1.807) is 12.1 Å². The molecule has 0 fully saturated rings. The number of amides is 1. The minimum Gasteiger partial charge on any atom is -0.465 e. The summed E-state index contributed by atoms with van der Waals surface area (Å²) >= 11 is 5.97. The predicted octanol–water partition coefficient (Wildman–Crippen LogP) is 1.57. The molecule has 1 amide bonds. The summed E-state index contributed by atoms with van der Waals surface area (Å²) in [4.78, 5) is 10.6. The van der Waals surface area contributed by atoms with Crippen LogP contribution in [0.4, 0.5) is 4.79 Å². The maximum absolute atomic E-state index is 10.6. The van der Waals surface area contributed by atoms with Crippen LogP contribution in [-0.2, 0) is 6.42 Å². The van der Waals surface area contributed by atoms with E-state index in [1.807, 2.05) is 6.07 Å². The molecule has 3 N–H and O–H groups in total. The number of benzene rings is 1. The molecule has 0 heterocycles. The average molecular weight is 228 g/mol. The molecular weight excluding hydrogens is 218 g/mol. The van der Waals surface area contributed by atoms with Gasteiger partial charge in [-0.2, -0.15) is 0 Å². The number of rotatable bonds is 1. The summed E-state index contributed by atoms with van der Waals surface area (Å²) in [5.74, 6) is 0. The highest BCUT2D eigenvalue weighted by Crippen LogP contribution is 2.36. The lowest BCUT2D eigenvalue weighted by Gasteiger charge is -2.16. The van der Waals surface area contributed by atoms with Gasteiger partial charge in [-0.1, -0.05) is 23.7 Å². The highest BCUT2D eigenvalue weighted by Gasteiger charge is 2.33. The van der Waals surface area contributed by atoms with Crippen molar-refractivity contribution >= 4 is 17.7 Å². The maximum Gasteiger partial charge on any atom is 0.405 e. The lowest BCUT2D eigenvalue weighted by Crippen LogP contribution is -2.32. The van der Waals surface area contributed by atoms with Gasteiger partial charge in [0.1, 0.15) is 0 Å². The number of hydrogen-bond donors (Lipinski definition) is 3. The molecule has 0 radical (unpaired) electrons. The van der Waals surface area contributed by atoms with E-state index in [0.717, 1.165) is 5.56 Å².